The summed E-state index contributed by atoms with van der Waals surface area (Å²) in [6.45, 7) is 5.39. The van der Waals surface area contributed by atoms with Gasteiger partial charge in [0.15, 0.2) is 0 Å². The van der Waals surface area contributed by atoms with Crippen LogP contribution in [0.25, 0.3) is 0 Å². The van der Waals surface area contributed by atoms with Gasteiger partial charge in [-0.2, -0.15) is 0 Å². The third-order valence-electron chi connectivity index (χ3n) is 4.74. The van der Waals surface area contributed by atoms with Crippen LogP contribution in [0, 0.1) is 0 Å². The molecule has 0 atom stereocenters. The molecule has 0 amide bonds. The van der Waals surface area contributed by atoms with Gasteiger partial charge in [-0.05, 0) is 50.0 Å². The van der Waals surface area contributed by atoms with Crippen molar-refractivity contribution >= 4 is 11.9 Å². The molecule has 30 heavy (non-hydrogen) atoms. The van der Waals surface area contributed by atoms with E-state index < -0.39 is 0 Å². The molecule has 0 unspecified atom stereocenters. The van der Waals surface area contributed by atoms with Gasteiger partial charge < -0.3 is 14.4 Å². The molecule has 0 aromatic heterocycles. The normalized spacial score (nSPS) is 10.7. The van der Waals surface area contributed by atoms with E-state index in [0.717, 1.165) is 50.0 Å². The number of hydrogen-bond acceptors (Lipinski definition) is 5. The van der Waals surface area contributed by atoms with Gasteiger partial charge in [-0.25, -0.2) is 0 Å². The summed E-state index contributed by atoms with van der Waals surface area (Å²) in [6.07, 6.45) is 3.37. The van der Waals surface area contributed by atoms with Crippen molar-refractivity contribution in [2.24, 2.45) is 0 Å². The monoisotopic (exact) mass is 411 g/mol. The first-order valence-corrected chi connectivity index (χ1v) is 10.8. The van der Waals surface area contributed by atoms with Crippen LogP contribution in [0.3, 0.4) is 0 Å². The Bertz CT molecular complexity index is 672. The Morgan fingerprint density at radius 1 is 0.700 bits per heavy atom. The molecule has 5 nitrogen and oxygen atoms in total. The van der Waals surface area contributed by atoms with E-state index in [1.807, 2.05) is 60.7 Å². The van der Waals surface area contributed by atoms with Crippen LogP contribution in [-0.2, 0) is 32.3 Å². The summed E-state index contributed by atoms with van der Waals surface area (Å²) < 4.78 is 10.7. The lowest BCUT2D eigenvalue weighted by molar-refractivity contribution is -0.145. The minimum absolute atomic E-state index is 0.167. The van der Waals surface area contributed by atoms with Crippen LogP contribution in [0.2, 0.25) is 0 Å². The van der Waals surface area contributed by atoms with E-state index in [1.54, 1.807) is 0 Å². The molecule has 0 bridgehead atoms. The summed E-state index contributed by atoms with van der Waals surface area (Å²) in [5, 5.41) is 0. The second-order valence-corrected chi connectivity index (χ2v) is 7.34. The Kier molecular flexibility index (Phi) is 11.3. The van der Waals surface area contributed by atoms with Crippen molar-refractivity contribution in [2.75, 3.05) is 19.6 Å². The summed E-state index contributed by atoms with van der Waals surface area (Å²) in [5.74, 6) is -0.334. The van der Waals surface area contributed by atoms with Gasteiger partial charge >= 0.3 is 11.9 Å². The standard InChI is InChI=1S/C25H33NO4/c1-2-17-26(18-9-15-24(27)29-20-22-11-5-3-6-12-22)19-10-16-25(28)30-21-23-13-7-4-8-14-23/h3-8,11-14H,2,9-10,15-21H2,1H3. The third-order valence-corrected chi connectivity index (χ3v) is 4.74. The van der Waals surface area contributed by atoms with Crippen LogP contribution in [0.15, 0.2) is 60.7 Å². The summed E-state index contributed by atoms with van der Waals surface area (Å²) in [7, 11) is 0. The second-order valence-electron chi connectivity index (χ2n) is 7.34. The molecule has 0 heterocycles. The van der Waals surface area contributed by atoms with Gasteiger partial charge in [-0.15, -0.1) is 0 Å². The van der Waals surface area contributed by atoms with Gasteiger partial charge in [-0.1, -0.05) is 67.6 Å². The van der Waals surface area contributed by atoms with Crippen molar-refractivity contribution in [1.29, 1.82) is 0 Å². The molecule has 0 saturated heterocycles. The zero-order valence-corrected chi connectivity index (χ0v) is 17.9. The zero-order chi connectivity index (χ0) is 21.4. The molecule has 0 N–H and O–H groups in total. The molecular weight excluding hydrogens is 378 g/mol. The quantitative estimate of drug-likeness (QED) is 0.420. The smallest absolute Gasteiger partial charge is 0.306 e. The van der Waals surface area contributed by atoms with Crippen LogP contribution in [0.1, 0.15) is 50.2 Å². The van der Waals surface area contributed by atoms with Crippen LogP contribution in [0.5, 0.6) is 0 Å². The number of benzene rings is 2. The second kappa shape index (κ2) is 14.3. The predicted molar refractivity (Wildman–Crippen MR) is 118 cm³/mol. The number of rotatable bonds is 14. The average molecular weight is 412 g/mol. The largest absolute Gasteiger partial charge is 0.461 e. The molecule has 2 rings (SSSR count). The van der Waals surface area contributed by atoms with Crippen molar-refractivity contribution in [2.45, 2.75) is 52.2 Å². The SMILES string of the molecule is CCCN(CCCC(=O)OCc1ccccc1)CCCC(=O)OCc1ccccc1. The number of ether oxygens (including phenoxy) is 2. The lowest BCUT2D eigenvalue weighted by Gasteiger charge is -2.21. The van der Waals surface area contributed by atoms with Gasteiger partial charge in [0.25, 0.3) is 0 Å². The molecule has 2 aromatic rings. The maximum atomic E-state index is 11.9. The molecular formula is C25H33NO4. The average Bonchev–Trinajstić information content (AvgIpc) is 2.78. The summed E-state index contributed by atoms with van der Waals surface area (Å²) in [6, 6.07) is 19.4. The number of carbonyl (C=O) groups is 2. The van der Waals surface area contributed by atoms with Crippen molar-refractivity contribution in [3.63, 3.8) is 0 Å². The summed E-state index contributed by atoms with van der Waals surface area (Å²) in [4.78, 5) is 26.2. The van der Waals surface area contributed by atoms with Gasteiger partial charge in [0.1, 0.15) is 13.2 Å². The van der Waals surface area contributed by atoms with E-state index in [-0.39, 0.29) is 11.9 Å². The highest BCUT2D eigenvalue weighted by atomic mass is 16.5. The third kappa shape index (κ3) is 10.2. The van der Waals surface area contributed by atoms with E-state index in [2.05, 4.69) is 11.8 Å². The highest BCUT2D eigenvalue weighted by Crippen LogP contribution is 2.06. The van der Waals surface area contributed by atoms with Crippen LogP contribution in [0.4, 0.5) is 0 Å². The zero-order valence-electron chi connectivity index (χ0n) is 17.9. The van der Waals surface area contributed by atoms with Crippen molar-refractivity contribution < 1.29 is 19.1 Å². The topological polar surface area (TPSA) is 55.8 Å². The Hall–Kier alpha value is -2.66. The number of carbonyl (C=O) groups excluding carboxylic acids is 2. The summed E-state index contributed by atoms with van der Waals surface area (Å²) >= 11 is 0. The van der Waals surface area contributed by atoms with Gasteiger partial charge in [0, 0.05) is 12.8 Å². The molecule has 5 heteroatoms. The molecule has 2 aromatic carbocycles. The Morgan fingerprint density at radius 3 is 1.53 bits per heavy atom. The number of nitrogens with zero attached hydrogens (tertiary/aromatic N) is 1. The molecule has 0 aliphatic heterocycles. The van der Waals surface area contributed by atoms with Crippen molar-refractivity contribution in [1.82, 2.24) is 4.90 Å². The van der Waals surface area contributed by atoms with Crippen molar-refractivity contribution in [3.05, 3.63) is 71.8 Å². The Morgan fingerprint density at radius 2 is 1.13 bits per heavy atom. The molecule has 0 aliphatic carbocycles. The van der Waals surface area contributed by atoms with Crippen molar-refractivity contribution in [3.8, 4) is 0 Å². The van der Waals surface area contributed by atoms with E-state index in [4.69, 9.17) is 9.47 Å². The molecule has 0 spiro atoms. The Balaban J connectivity index is 1.58. The first kappa shape index (κ1) is 23.6. The molecule has 0 aliphatic rings. The lowest BCUT2D eigenvalue weighted by Crippen LogP contribution is -2.28. The fourth-order valence-electron chi connectivity index (χ4n) is 3.17. The molecule has 0 fully saturated rings. The maximum Gasteiger partial charge on any atom is 0.306 e. The van der Waals surface area contributed by atoms with Gasteiger partial charge in [0.05, 0.1) is 0 Å². The van der Waals surface area contributed by atoms with Gasteiger partial charge in [0.2, 0.25) is 0 Å². The minimum Gasteiger partial charge on any atom is -0.461 e. The first-order valence-electron chi connectivity index (χ1n) is 10.8. The molecule has 0 radical (unpaired) electrons. The fraction of sp³-hybridized carbons (Fsp3) is 0.440. The van der Waals surface area contributed by atoms with E-state index in [0.29, 0.717) is 26.1 Å². The minimum atomic E-state index is -0.167. The highest BCUT2D eigenvalue weighted by Gasteiger charge is 2.09. The van der Waals surface area contributed by atoms with E-state index >= 15 is 0 Å². The van der Waals surface area contributed by atoms with Crippen LogP contribution in [-0.4, -0.2) is 36.5 Å². The number of esters is 2. The van der Waals surface area contributed by atoms with E-state index in [9.17, 15) is 9.59 Å². The van der Waals surface area contributed by atoms with Crippen LogP contribution >= 0.6 is 0 Å². The molecule has 162 valence electrons. The fourth-order valence-corrected chi connectivity index (χ4v) is 3.17. The maximum absolute atomic E-state index is 11.9. The first-order chi connectivity index (χ1) is 14.7. The van der Waals surface area contributed by atoms with E-state index in [1.165, 1.54) is 0 Å². The summed E-state index contributed by atoms with van der Waals surface area (Å²) in [5.41, 5.74) is 2.00. The predicted octanol–water partition coefficient (Wildman–Crippen LogP) is 4.75. The Labute approximate surface area is 180 Å². The van der Waals surface area contributed by atoms with Gasteiger partial charge in [-0.3, -0.25) is 9.59 Å². The lowest BCUT2D eigenvalue weighted by atomic mass is 10.2. The number of hydrogen-bond donors (Lipinski definition) is 0. The van der Waals surface area contributed by atoms with Crippen LogP contribution < -0.4 is 0 Å². The highest BCUT2D eigenvalue weighted by molar-refractivity contribution is 5.69. The molecule has 0 saturated carbocycles.